The predicted molar refractivity (Wildman–Crippen MR) is 315 cm³/mol. The van der Waals surface area contributed by atoms with E-state index in [0.717, 1.165) is 70.6 Å². The second kappa shape index (κ2) is 57.4. The smallest absolute Gasteiger partial charge is 0.306 e. The Bertz CT molecular complexity index is 1370. The second-order valence-corrected chi connectivity index (χ2v) is 22.7. The summed E-state index contributed by atoms with van der Waals surface area (Å²) in [5.74, 6) is -2.30. The summed E-state index contributed by atoms with van der Waals surface area (Å²) in [6.07, 6.45) is 69.1. The highest BCUT2D eigenvalue weighted by Gasteiger charge is 2.22. The molecule has 75 heavy (non-hydrogen) atoms. The Morgan fingerprint density at radius 3 is 1.13 bits per heavy atom. The number of hydrogen-bond donors (Lipinski definition) is 0. The third-order valence-corrected chi connectivity index (χ3v) is 14.1. The number of esters is 2. The van der Waals surface area contributed by atoms with E-state index in [1.54, 1.807) is 0 Å². The van der Waals surface area contributed by atoms with Gasteiger partial charge in [0.05, 0.1) is 40.3 Å². The van der Waals surface area contributed by atoms with Gasteiger partial charge in [-0.15, -0.1) is 0 Å². The minimum absolute atomic E-state index is 0.142. The molecule has 9 nitrogen and oxygen atoms in total. The van der Waals surface area contributed by atoms with Crippen molar-refractivity contribution in [3.05, 3.63) is 48.6 Å². The number of nitrogens with zero attached hydrogens (tertiary/aromatic N) is 1. The largest absolute Gasteiger partial charge is 0.545 e. The maximum Gasteiger partial charge on any atom is 0.306 e. The van der Waals surface area contributed by atoms with Gasteiger partial charge in [-0.2, -0.15) is 0 Å². The lowest BCUT2D eigenvalue weighted by molar-refractivity contribution is -0.870. The summed E-state index contributed by atoms with van der Waals surface area (Å²) < 4.78 is 22.7. The molecule has 9 heteroatoms. The van der Waals surface area contributed by atoms with Crippen LogP contribution in [-0.4, -0.2) is 82.3 Å². The number of allylic oxidation sites excluding steroid dienone is 8. The molecule has 0 N–H and O–H groups in total. The van der Waals surface area contributed by atoms with Crippen molar-refractivity contribution in [1.29, 1.82) is 0 Å². The normalized spacial score (nSPS) is 13.0. The predicted octanol–water partition coefficient (Wildman–Crippen LogP) is 17.7. The van der Waals surface area contributed by atoms with E-state index in [1.165, 1.54) is 193 Å². The molecule has 0 aliphatic rings. The van der Waals surface area contributed by atoms with E-state index in [2.05, 4.69) is 62.5 Å². The van der Waals surface area contributed by atoms with Crippen LogP contribution in [0.4, 0.5) is 0 Å². The lowest BCUT2D eigenvalue weighted by Crippen LogP contribution is -2.44. The lowest BCUT2D eigenvalue weighted by atomic mass is 10.0. The number of rotatable bonds is 59. The van der Waals surface area contributed by atoms with Crippen LogP contribution in [0.15, 0.2) is 48.6 Å². The Morgan fingerprint density at radius 2 is 0.760 bits per heavy atom. The molecule has 0 saturated heterocycles. The summed E-state index contributed by atoms with van der Waals surface area (Å²) in [4.78, 5) is 37.3. The van der Waals surface area contributed by atoms with Crippen LogP contribution in [0.3, 0.4) is 0 Å². The van der Waals surface area contributed by atoms with Crippen LogP contribution in [0, 0.1) is 0 Å². The van der Waals surface area contributed by atoms with Crippen LogP contribution in [-0.2, 0) is 33.3 Å². The van der Waals surface area contributed by atoms with Crippen LogP contribution < -0.4 is 5.11 Å². The zero-order chi connectivity index (χ0) is 54.8. The average Bonchev–Trinajstić information content (AvgIpc) is 3.38. The third-order valence-electron chi connectivity index (χ3n) is 14.1. The first-order valence-corrected chi connectivity index (χ1v) is 31.8. The van der Waals surface area contributed by atoms with Gasteiger partial charge in [-0.3, -0.25) is 9.59 Å². The topological polar surface area (TPSA) is 111 Å². The molecular formula is C66H121NO8. The Morgan fingerprint density at radius 1 is 0.413 bits per heavy atom. The number of carboxylic acid groups (broad SMARTS) is 1. The molecule has 0 bridgehead atoms. The van der Waals surface area contributed by atoms with Gasteiger partial charge in [0.1, 0.15) is 13.2 Å². The molecule has 0 aromatic carbocycles. The molecule has 0 fully saturated rings. The molecule has 2 unspecified atom stereocenters. The second-order valence-electron chi connectivity index (χ2n) is 22.7. The molecule has 0 spiro atoms. The van der Waals surface area contributed by atoms with Crippen molar-refractivity contribution < 1.29 is 42.9 Å². The van der Waals surface area contributed by atoms with E-state index in [0.29, 0.717) is 17.4 Å². The third kappa shape index (κ3) is 58.8. The minimum atomic E-state index is -1.63. The van der Waals surface area contributed by atoms with Crippen molar-refractivity contribution in [2.45, 2.75) is 309 Å². The first-order valence-electron chi connectivity index (χ1n) is 31.8. The molecule has 438 valence electrons. The Hall–Kier alpha value is -2.75. The summed E-state index contributed by atoms with van der Waals surface area (Å²) >= 11 is 0. The van der Waals surface area contributed by atoms with Gasteiger partial charge < -0.3 is 33.3 Å². The van der Waals surface area contributed by atoms with E-state index >= 15 is 0 Å². The lowest BCUT2D eigenvalue weighted by Gasteiger charge is -2.26. The molecular weight excluding hydrogens is 935 g/mol. The van der Waals surface area contributed by atoms with E-state index in [4.69, 9.17) is 18.9 Å². The highest BCUT2D eigenvalue weighted by molar-refractivity contribution is 5.70. The Balaban J connectivity index is 4.05. The molecule has 0 aromatic rings. The van der Waals surface area contributed by atoms with Gasteiger partial charge in [-0.25, -0.2) is 0 Å². The average molecular weight is 1060 g/mol. The fourth-order valence-electron chi connectivity index (χ4n) is 9.24. The fraction of sp³-hybridized carbons (Fsp3) is 0.833. The number of unbranched alkanes of at least 4 members (excludes halogenated alkanes) is 36. The molecule has 0 saturated carbocycles. The van der Waals surface area contributed by atoms with Gasteiger partial charge in [0.15, 0.2) is 12.4 Å². The maximum atomic E-state index is 12.8. The van der Waals surface area contributed by atoms with Gasteiger partial charge in [-0.05, 0) is 51.4 Å². The SMILES string of the molecule is CC/C=C\C/C=C\C/C=C\C/C=C\CCCCCCC(=O)OC(COC(=O)CCCCCCCCCCCCCCCCCCCCCCCCCCCCCCCCCCC)COC(OCC[N+](C)(C)C)C(=O)[O-]. The first kappa shape index (κ1) is 72.2. The number of quaternary nitrogens is 1. The maximum absolute atomic E-state index is 12.8. The molecule has 0 heterocycles. The van der Waals surface area contributed by atoms with Crippen LogP contribution in [0.2, 0.25) is 0 Å². The van der Waals surface area contributed by atoms with Gasteiger partial charge in [0.2, 0.25) is 0 Å². The highest BCUT2D eigenvalue weighted by Crippen LogP contribution is 2.18. The van der Waals surface area contributed by atoms with Crippen molar-refractivity contribution in [1.82, 2.24) is 0 Å². The van der Waals surface area contributed by atoms with E-state index in [-0.39, 0.29) is 38.6 Å². The minimum Gasteiger partial charge on any atom is -0.545 e. The van der Waals surface area contributed by atoms with Crippen molar-refractivity contribution in [3.63, 3.8) is 0 Å². The van der Waals surface area contributed by atoms with E-state index < -0.39 is 24.3 Å². The Kier molecular flexibility index (Phi) is 55.3. The number of carboxylic acids is 1. The number of ether oxygens (including phenoxy) is 4. The first-order chi connectivity index (χ1) is 36.6. The van der Waals surface area contributed by atoms with Gasteiger partial charge in [-0.1, -0.05) is 281 Å². The summed E-state index contributed by atoms with van der Waals surface area (Å²) in [6.45, 7) is 4.64. The van der Waals surface area contributed by atoms with Crippen molar-refractivity contribution in [3.8, 4) is 0 Å². The number of likely N-dealkylation sites (N-methyl/N-ethyl adjacent to an activating group) is 1. The van der Waals surface area contributed by atoms with Gasteiger partial charge in [0, 0.05) is 12.8 Å². The van der Waals surface area contributed by atoms with E-state index in [1.807, 2.05) is 21.1 Å². The quantitative estimate of drug-likeness (QED) is 0.0195. The molecule has 0 radical (unpaired) electrons. The molecule has 0 aromatic heterocycles. The molecule has 0 amide bonds. The van der Waals surface area contributed by atoms with Crippen molar-refractivity contribution in [2.24, 2.45) is 0 Å². The van der Waals surface area contributed by atoms with Gasteiger partial charge >= 0.3 is 11.9 Å². The zero-order valence-electron chi connectivity index (χ0n) is 49.9. The number of hydrogen-bond acceptors (Lipinski definition) is 8. The molecule has 0 aliphatic carbocycles. The molecule has 0 rings (SSSR count). The van der Waals surface area contributed by atoms with Crippen LogP contribution >= 0.6 is 0 Å². The molecule has 0 aliphatic heterocycles. The molecule has 2 atom stereocenters. The Labute approximate surface area is 463 Å². The van der Waals surface area contributed by atoms with Crippen LogP contribution in [0.25, 0.3) is 0 Å². The number of carbonyl (C=O) groups excluding carboxylic acids is 3. The summed E-state index contributed by atoms with van der Waals surface area (Å²) in [6, 6.07) is 0. The number of carbonyl (C=O) groups is 3. The number of aliphatic carboxylic acids is 1. The van der Waals surface area contributed by atoms with Gasteiger partial charge in [0.25, 0.3) is 0 Å². The standard InChI is InChI=1S/C66H121NO8/c1-6-8-10-12-14-16-18-20-22-24-25-26-27-28-29-30-31-32-33-34-35-36-37-38-39-41-42-44-46-48-50-52-54-56-63(68)73-60-62(61-74-66(65(70)71)72-59-58-67(3,4)5)75-64(69)57-55-53-51-49-47-45-43-40-23-21-19-17-15-13-11-9-7-2/h9,11,15,17,21,23,43,45,62,66H,6-8,10,12-14,16,18-20,22,24-42,44,46-61H2,1-5H3/b11-9-,17-15-,23-21-,45-43-. The highest BCUT2D eigenvalue weighted by atomic mass is 16.7. The van der Waals surface area contributed by atoms with Crippen molar-refractivity contribution >= 4 is 17.9 Å². The zero-order valence-corrected chi connectivity index (χ0v) is 49.9. The monoisotopic (exact) mass is 1060 g/mol. The van der Waals surface area contributed by atoms with Crippen molar-refractivity contribution in [2.75, 3.05) is 47.5 Å². The van der Waals surface area contributed by atoms with Crippen LogP contribution in [0.1, 0.15) is 296 Å². The summed E-state index contributed by atoms with van der Waals surface area (Å²) in [7, 11) is 5.92. The van der Waals surface area contributed by atoms with Crippen LogP contribution in [0.5, 0.6) is 0 Å². The van der Waals surface area contributed by atoms with E-state index in [9.17, 15) is 19.5 Å². The fourth-order valence-corrected chi connectivity index (χ4v) is 9.24. The summed E-state index contributed by atoms with van der Waals surface area (Å²) in [5, 5.41) is 11.8. The summed E-state index contributed by atoms with van der Waals surface area (Å²) in [5.41, 5.74) is 0.